The number of hydrogen-bond acceptors (Lipinski definition) is 15. The lowest BCUT2D eigenvalue weighted by Crippen LogP contribution is -2.38. The molecule has 0 fully saturated rings. The third-order valence-electron chi connectivity index (χ3n) is 10.1. The Morgan fingerprint density at radius 2 is 1.36 bits per heavy atom. The van der Waals surface area contributed by atoms with E-state index in [0.717, 1.165) is 16.9 Å². The molecule has 0 aliphatic rings. The molecule has 67 heavy (non-hydrogen) atoms. The van der Waals surface area contributed by atoms with Crippen molar-refractivity contribution in [3.8, 4) is 45.8 Å². The van der Waals surface area contributed by atoms with Gasteiger partial charge in [-0.15, -0.1) is 21.5 Å². The number of amides is 1. The van der Waals surface area contributed by atoms with Gasteiger partial charge in [-0.1, -0.05) is 54.6 Å². The van der Waals surface area contributed by atoms with Crippen molar-refractivity contribution in [2.75, 3.05) is 34.4 Å². The van der Waals surface area contributed by atoms with Crippen molar-refractivity contribution in [3.05, 3.63) is 125 Å². The van der Waals surface area contributed by atoms with Gasteiger partial charge in [0.05, 0.1) is 43.7 Å². The molecule has 0 spiro atoms. The molecule has 0 saturated carbocycles. The summed E-state index contributed by atoms with van der Waals surface area (Å²) in [6.45, 7) is 4.19. The van der Waals surface area contributed by atoms with Gasteiger partial charge in [0.15, 0.2) is 5.01 Å². The number of benzene rings is 5. The van der Waals surface area contributed by atoms with E-state index in [-0.39, 0.29) is 54.7 Å². The highest BCUT2D eigenvalue weighted by molar-refractivity contribution is 7.92. The van der Waals surface area contributed by atoms with Gasteiger partial charge in [0.25, 0.3) is 0 Å². The molecule has 0 saturated heterocycles. The zero-order chi connectivity index (χ0) is 47.9. The number of hydrogen-bond donors (Lipinski definition) is 2. The van der Waals surface area contributed by atoms with Crippen molar-refractivity contribution < 1.29 is 40.6 Å². The molecule has 0 aliphatic heterocycles. The van der Waals surface area contributed by atoms with Gasteiger partial charge in [-0.05, 0) is 96.8 Å². The SMILES string of the molecule is COc1ccc(CN(Cc2ccc(OC)cc2)S(=O)(=O)c2c(S(=O)(=O)NCCNC(=O)OC(C)(C)C)ccc(-c3cccc4sc(C#N)nc34)c2-c2nnn(Cc3ccc(OC)cc3)n2)cc1. The summed E-state index contributed by atoms with van der Waals surface area (Å²) in [6.07, 6.45) is -0.770. The van der Waals surface area contributed by atoms with Crippen LogP contribution in [0, 0.1) is 11.3 Å². The predicted molar refractivity (Wildman–Crippen MR) is 251 cm³/mol. The predicted octanol–water partition coefficient (Wildman–Crippen LogP) is 6.76. The molecule has 18 nitrogen and oxygen atoms in total. The van der Waals surface area contributed by atoms with E-state index in [9.17, 15) is 18.5 Å². The average molecular weight is 966 g/mol. The van der Waals surface area contributed by atoms with Crippen LogP contribution in [0.2, 0.25) is 0 Å². The summed E-state index contributed by atoms with van der Waals surface area (Å²) >= 11 is 1.14. The number of tetrazole rings is 1. The Morgan fingerprint density at radius 3 is 1.91 bits per heavy atom. The van der Waals surface area contributed by atoms with Crippen LogP contribution in [0.25, 0.3) is 32.7 Å². The van der Waals surface area contributed by atoms with Crippen LogP contribution in [0.1, 0.15) is 42.5 Å². The number of carbonyl (C=O) groups excluding carboxylic acids is 1. The maximum absolute atomic E-state index is 16.0. The quantitative estimate of drug-likeness (QED) is 0.0848. The minimum Gasteiger partial charge on any atom is -0.497 e. The second kappa shape index (κ2) is 20.3. The fraction of sp³-hybridized carbons (Fsp3) is 0.261. The topological polar surface area (TPSA) is 230 Å². The van der Waals surface area contributed by atoms with Gasteiger partial charge >= 0.3 is 6.09 Å². The van der Waals surface area contributed by atoms with Crippen molar-refractivity contribution in [3.63, 3.8) is 0 Å². The highest BCUT2D eigenvalue weighted by atomic mass is 32.2. The summed E-state index contributed by atoms with van der Waals surface area (Å²) in [7, 11) is -5.14. The third-order valence-corrected chi connectivity index (χ3v) is 14.5. The van der Waals surface area contributed by atoms with E-state index >= 15 is 8.42 Å². The van der Waals surface area contributed by atoms with E-state index in [4.69, 9.17) is 24.0 Å². The molecule has 21 heteroatoms. The van der Waals surface area contributed by atoms with Gasteiger partial charge < -0.3 is 24.3 Å². The van der Waals surface area contributed by atoms with Crippen molar-refractivity contribution in [2.24, 2.45) is 0 Å². The Kier molecular flexibility index (Phi) is 14.5. The molecule has 0 aliphatic carbocycles. The Morgan fingerprint density at radius 1 is 0.776 bits per heavy atom. The molecule has 2 N–H and O–H groups in total. The molecule has 0 radical (unpaired) electrons. The molecule has 5 aromatic carbocycles. The molecule has 0 unspecified atom stereocenters. The lowest BCUT2D eigenvalue weighted by molar-refractivity contribution is 0.0528. The fourth-order valence-corrected chi connectivity index (χ4v) is 11.2. The normalized spacial score (nSPS) is 11.9. The third kappa shape index (κ3) is 11.4. The Balaban J connectivity index is 1.46. The smallest absolute Gasteiger partial charge is 0.407 e. The van der Waals surface area contributed by atoms with Crippen LogP contribution in [0.3, 0.4) is 0 Å². The van der Waals surface area contributed by atoms with Gasteiger partial charge in [-0.2, -0.15) is 14.4 Å². The lowest BCUT2D eigenvalue weighted by Gasteiger charge is -2.26. The van der Waals surface area contributed by atoms with E-state index in [2.05, 4.69) is 31.4 Å². The summed E-state index contributed by atoms with van der Waals surface area (Å²) < 4.78 is 87.1. The number of para-hydroxylation sites is 1. The highest BCUT2D eigenvalue weighted by Crippen LogP contribution is 2.43. The van der Waals surface area contributed by atoms with Crippen molar-refractivity contribution in [1.29, 1.82) is 5.26 Å². The van der Waals surface area contributed by atoms with Crippen LogP contribution < -0.4 is 24.2 Å². The van der Waals surface area contributed by atoms with E-state index in [1.165, 1.54) is 35.5 Å². The van der Waals surface area contributed by atoms with Gasteiger partial charge in [0, 0.05) is 31.7 Å². The van der Waals surface area contributed by atoms with Crippen LogP contribution >= 0.6 is 11.3 Å². The number of thiazole rings is 1. The second-order valence-corrected chi connectivity index (χ2v) is 20.5. The standard InChI is InChI=1S/C46H47N9O9S3/c1-46(2,3)64-45(56)48-24-25-49-66(57,58)39-23-22-36(37-8-7-9-38-42(37)50-40(26-47)65-38)41(44-51-53-55(52-44)29-32-14-20-35(63-6)21-15-32)43(39)67(59,60)54(27-30-10-16-33(61-4)17-11-30)28-31-12-18-34(62-5)19-13-31/h7-23,49H,24-25,27-29H2,1-6H3,(H,48,56). The van der Waals surface area contributed by atoms with Gasteiger partial charge in [-0.3, -0.25) is 0 Å². The molecule has 7 rings (SSSR count). The Hall–Kier alpha value is -6.96. The second-order valence-electron chi connectivity index (χ2n) is 15.9. The first-order chi connectivity index (χ1) is 32.0. The summed E-state index contributed by atoms with van der Waals surface area (Å²) in [4.78, 5) is 17.0. The Bertz CT molecular complexity index is 3100. The molecule has 0 bridgehead atoms. The first-order valence-electron chi connectivity index (χ1n) is 20.6. The zero-order valence-corrected chi connectivity index (χ0v) is 39.8. The number of rotatable bonds is 18. The van der Waals surface area contributed by atoms with E-state index in [0.29, 0.717) is 44.2 Å². The number of alkyl carbamates (subject to hydrolysis) is 1. The monoisotopic (exact) mass is 965 g/mol. The van der Waals surface area contributed by atoms with Crippen LogP contribution in [0.15, 0.2) is 113 Å². The molecular weight excluding hydrogens is 919 g/mol. The van der Waals surface area contributed by atoms with Crippen LogP contribution in [-0.2, 0) is 44.4 Å². The highest BCUT2D eigenvalue weighted by Gasteiger charge is 2.38. The molecule has 0 atom stereocenters. The summed E-state index contributed by atoms with van der Waals surface area (Å²) in [5.41, 5.74) is 1.83. The van der Waals surface area contributed by atoms with E-state index in [1.54, 1.807) is 107 Å². The molecule has 348 valence electrons. The van der Waals surface area contributed by atoms with Crippen molar-refractivity contribution in [1.82, 2.24) is 39.5 Å². The van der Waals surface area contributed by atoms with Gasteiger partial charge in [0.1, 0.15) is 38.7 Å². The van der Waals surface area contributed by atoms with Crippen molar-refractivity contribution in [2.45, 2.75) is 55.8 Å². The molecular formula is C46H47N9O9S3. The molecule has 1 amide bonds. The first kappa shape index (κ1) is 48.0. The fourth-order valence-electron chi connectivity index (χ4n) is 6.96. The van der Waals surface area contributed by atoms with E-state index < -0.39 is 41.5 Å². The Labute approximate surface area is 392 Å². The minimum atomic E-state index is -4.97. The lowest BCUT2D eigenvalue weighted by atomic mass is 9.98. The zero-order valence-electron chi connectivity index (χ0n) is 37.4. The van der Waals surface area contributed by atoms with E-state index in [1.807, 2.05) is 12.1 Å². The largest absolute Gasteiger partial charge is 0.497 e. The van der Waals surface area contributed by atoms with Gasteiger partial charge in [0.2, 0.25) is 25.9 Å². The number of sulfonamides is 2. The number of carbonyl (C=O) groups is 1. The van der Waals surface area contributed by atoms with Gasteiger partial charge in [-0.25, -0.2) is 31.3 Å². The maximum atomic E-state index is 16.0. The number of nitrogens with zero attached hydrogens (tertiary/aromatic N) is 7. The number of methoxy groups -OCH3 is 3. The number of nitrogens with one attached hydrogen (secondary N) is 2. The molecule has 2 aromatic heterocycles. The minimum absolute atomic E-state index is 0.104. The number of fused-ring (bicyclic) bond motifs is 1. The summed E-state index contributed by atoms with van der Waals surface area (Å²) in [6, 6.07) is 30.7. The number of ether oxygens (including phenoxy) is 4. The van der Waals surface area contributed by atoms with Crippen molar-refractivity contribution >= 4 is 47.7 Å². The molecule has 2 heterocycles. The number of aromatic nitrogens is 5. The summed E-state index contributed by atoms with van der Waals surface area (Å²) in [5.74, 6) is 1.51. The van der Waals surface area contributed by atoms with Crippen LogP contribution in [0.5, 0.6) is 17.2 Å². The first-order valence-corrected chi connectivity index (χ1v) is 24.4. The van der Waals surface area contributed by atoms with Crippen LogP contribution in [-0.4, -0.2) is 92.4 Å². The van der Waals surface area contributed by atoms with Crippen LogP contribution in [0.4, 0.5) is 4.79 Å². The number of nitriles is 1. The summed E-state index contributed by atoms with van der Waals surface area (Å²) in [5, 5.41) is 25.9. The molecule has 7 aromatic rings. The average Bonchev–Trinajstić information content (AvgIpc) is 3.97. The maximum Gasteiger partial charge on any atom is 0.407 e.